The lowest BCUT2D eigenvalue weighted by atomic mass is 10.1. The molecule has 1 saturated heterocycles. The van der Waals surface area contributed by atoms with Crippen LogP contribution in [0.25, 0.3) is 6.08 Å². The lowest BCUT2D eigenvalue weighted by molar-refractivity contribution is -0.125. The third-order valence-corrected chi connectivity index (χ3v) is 3.30. The largest absolute Gasteiger partial charge is 0.497 e. The van der Waals surface area contributed by atoms with E-state index in [1.54, 1.807) is 31.1 Å². The summed E-state index contributed by atoms with van der Waals surface area (Å²) in [6, 6.07) is 7.49. The van der Waals surface area contributed by atoms with Crippen molar-refractivity contribution in [3.05, 3.63) is 35.9 Å². The van der Waals surface area contributed by atoms with Gasteiger partial charge in [-0.1, -0.05) is 12.1 Å². The highest BCUT2D eigenvalue weighted by atomic mass is 16.5. The zero-order chi connectivity index (χ0) is 13.9. The summed E-state index contributed by atoms with van der Waals surface area (Å²) >= 11 is 0. The van der Waals surface area contributed by atoms with E-state index >= 15 is 0 Å². The number of hydrogen-bond acceptors (Lipinski definition) is 3. The third kappa shape index (κ3) is 3.58. The van der Waals surface area contributed by atoms with E-state index in [1.807, 2.05) is 24.3 Å². The second-order valence-electron chi connectivity index (χ2n) is 5.11. The van der Waals surface area contributed by atoms with Crippen LogP contribution >= 0.6 is 0 Å². The molecule has 0 radical (unpaired) electrons. The molecule has 1 fully saturated rings. The Kier molecular flexibility index (Phi) is 3.90. The van der Waals surface area contributed by atoms with E-state index in [1.165, 1.54) is 0 Å². The van der Waals surface area contributed by atoms with Crippen molar-refractivity contribution in [2.75, 3.05) is 20.2 Å². The summed E-state index contributed by atoms with van der Waals surface area (Å²) in [4.78, 5) is 13.6. The second kappa shape index (κ2) is 5.45. The van der Waals surface area contributed by atoms with Crippen LogP contribution in [0.5, 0.6) is 5.75 Å². The number of hydrogen-bond donors (Lipinski definition) is 1. The summed E-state index contributed by atoms with van der Waals surface area (Å²) < 4.78 is 5.07. The molecule has 1 aromatic carbocycles. The summed E-state index contributed by atoms with van der Waals surface area (Å²) in [5.74, 6) is 0.729. The number of carbonyl (C=O) groups excluding carboxylic acids is 1. The Morgan fingerprint density at radius 2 is 2.11 bits per heavy atom. The average Bonchev–Trinajstić information content (AvgIpc) is 2.77. The maximum atomic E-state index is 11.9. The minimum atomic E-state index is -0.746. The van der Waals surface area contributed by atoms with E-state index < -0.39 is 5.60 Å². The lowest BCUT2D eigenvalue weighted by Gasteiger charge is -2.17. The van der Waals surface area contributed by atoms with Gasteiger partial charge in [0.05, 0.1) is 12.7 Å². The fraction of sp³-hybridized carbons (Fsp3) is 0.400. The molecule has 1 aromatic rings. The molecule has 1 aliphatic heterocycles. The fourth-order valence-electron chi connectivity index (χ4n) is 2.12. The van der Waals surface area contributed by atoms with E-state index in [0.717, 1.165) is 11.3 Å². The van der Waals surface area contributed by atoms with Crippen LogP contribution in [0.1, 0.15) is 18.9 Å². The minimum absolute atomic E-state index is 0.0615. The number of carbonyl (C=O) groups is 1. The molecule has 0 bridgehead atoms. The standard InChI is InChI=1S/C15H19NO3/c1-15(18)9-10-16(11-15)14(17)8-5-12-3-6-13(19-2)7-4-12/h3-8,18H,9-11H2,1-2H3/b8-5+. The van der Waals surface area contributed by atoms with Crippen LogP contribution in [0, 0.1) is 0 Å². The summed E-state index contributed by atoms with van der Waals surface area (Å²) in [7, 11) is 1.62. The number of aliphatic hydroxyl groups is 1. The Morgan fingerprint density at radius 3 is 2.63 bits per heavy atom. The molecule has 4 heteroatoms. The van der Waals surface area contributed by atoms with Crippen molar-refractivity contribution in [1.29, 1.82) is 0 Å². The molecule has 1 unspecified atom stereocenters. The number of likely N-dealkylation sites (tertiary alicyclic amines) is 1. The first-order chi connectivity index (χ1) is 9.00. The number of rotatable bonds is 3. The average molecular weight is 261 g/mol. The van der Waals surface area contributed by atoms with Crippen molar-refractivity contribution in [3.8, 4) is 5.75 Å². The van der Waals surface area contributed by atoms with Crippen molar-refractivity contribution in [2.24, 2.45) is 0 Å². The third-order valence-electron chi connectivity index (χ3n) is 3.30. The molecule has 1 N–H and O–H groups in total. The van der Waals surface area contributed by atoms with Gasteiger partial charge in [-0.25, -0.2) is 0 Å². The van der Waals surface area contributed by atoms with Gasteiger partial charge < -0.3 is 14.7 Å². The number of benzene rings is 1. The first kappa shape index (κ1) is 13.6. The molecular weight excluding hydrogens is 242 g/mol. The molecule has 0 aromatic heterocycles. The number of β-amino-alcohol motifs (C(OH)–C–C–N with tert-alkyl or cyclic N) is 1. The summed E-state index contributed by atoms with van der Waals surface area (Å²) in [6.07, 6.45) is 3.95. The van der Waals surface area contributed by atoms with Gasteiger partial charge in [0.15, 0.2) is 0 Å². The number of methoxy groups -OCH3 is 1. The van der Waals surface area contributed by atoms with Crippen LogP contribution < -0.4 is 4.74 Å². The van der Waals surface area contributed by atoms with Crippen LogP contribution in [0.2, 0.25) is 0 Å². The molecule has 19 heavy (non-hydrogen) atoms. The molecule has 0 saturated carbocycles. The fourth-order valence-corrected chi connectivity index (χ4v) is 2.12. The van der Waals surface area contributed by atoms with Gasteiger partial charge >= 0.3 is 0 Å². The van der Waals surface area contributed by atoms with E-state index in [4.69, 9.17) is 4.74 Å². The van der Waals surface area contributed by atoms with E-state index in [2.05, 4.69) is 0 Å². The lowest BCUT2D eigenvalue weighted by Crippen LogP contribution is -2.32. The highest BCUT2D eigenvalue weighted by Gasteiger charge is 2.32. The van der Waals surface area contributed by atoms with Crippen molar-refractivity contribution in [2.45, 2.75) is 18.9 Å². The number of ether oxygens (including phenoxy) is 1. The number of nitrogens with zero attached hydrogens (tertiary/aromatic N) is 1. The zero-order valence-electron chi connectivity index (χ0n) is 11.3. The first-order valence-corrected chi connectivity index (χ1v) is 6.34. The van der Waals surface area contributed by atoms with Crippen LogP contribution in [-0.2, 0) is 4.79 Å². The molecule has 1 atom stereocenters. The summed E-state index contributed by atoms with van der Waals surface area (Å²) in [5, 5.41) is 9.82. The zero-order valence-corrected chi connectivity index (χ0v) is 11.3. The summed E-state index contributed by atoms with van der Waals surface area (Å²) in [5.41, 5.74) is 0.198. The van der Waals surface area contributed by atoms with Gasteiger partial charge in [0.25, 0.3) is 0 Å². The van der Waals surface area contributed by atoms with Gasteiger partial charge in [0, 0.05) is 19.2 Å². The predicted octanol–water partition coefficient (Wildman–Crippen LogP) is 1.69. The SMILES string of the molecule is COc1ccc(/C=C/C(=O)N2CCC(C)(O)C2)cc1. The van der Waals surface area contributed by atoms with Gasteiger partial charge in [-0.05, 0) is 37.1 Å². The Labute approximate surface area is 113 Å². The van der Waals surface area contributed by atoms with Crippen molar-refractivity contribution in [1.82, 2.24) is 4.90 Å². The van der Waals surface area contributed by atoms with Crippen molar-refractivity contribution >= 4 is 12.0 Å². The van der Waals surface area contributed by atoms with Crippen LogP contribution in [-0.4, -0.2) is 41.7 Å². The van der Waals surface area contributed by atoms with Crippen molar-refractivity contribution < 1.29 is 14.6 Å². The normalized spacial score (nSPS) is 23.0. The van der Waals surface area contributed by atoms with Gasteiger partial charge in [-0.3, -0.25) is 4.79 Å². The second-order valence-corrected chi connectivity index (χ2v) is 5.11. The molecular formula is C15H19NO3. The van der Waals surface area contributed by atoms with Crippen LogP contribution in [0.15, 0.2) is 30.3 Å². The summed E-state index contributed by atoms with van der Waals surface area (Å²) in [6.45, 7) is 2.77. The monoisotopic (exact) mass is 261 g/mol. The smallest absolute Gasteiger partial charge is 0.246 e. The highest BCUT2D eigenvalue weighted by Crippen LogP contribution is 2.20. The molecule has 4 nitrogen and oxygen atoms in total. The molecule has 102 valence electrons. The first-order valence-electron chi connectivity index (χ1n) is 6.34. The quantitative estimate of drug-likeness (QED) is 0.842. The van der Waals surface area contributed by atoms with E-state index in [-0.39, 0.29) is 5.91 Å². The van der Waals surface area contributed by atoms with Gasteiger partial charge in [-0.15, -0.1) is 0 Å². The molecule has 2 rings (SSSR count). The molecule has 1 amide bonds. The molecule has 1 heterocycles. The molecule has 0 aliphatic carbocycles. The minimum Gasteiger partial charge on any atom is -0.497 e. The Morgan fingerprint density at radius 1 is 1.42 bits per heavy atom. The predicted molar refractivity (Wildman–Crippen MR) is 73.8 cm³/mol. The molecule has 1 aliphatic rings. The van der Waals surface area contributed by atoms with Gasteiger partial charge in [0.2, 0.25) is 5.91 Å². The number of amides is 1. The van der Waals surface area contributed by atoms with Crippen LogP contribution in [0.3, 0.4) is 0 Å². The Hall–Kier alpha value is -1.81. The van der Waals surface area contributed by atoms with Gasteiger partial charge in [-0.2, -0.15) is 0 Å². The maximum Gasteiger partial charge on any atom is 0.246 e. The highest BCUT2D eigenvalue weighted by molar-refractivity contribution is 5.92. The topological polar surface area (TPSA) is 49.8 Å². The Balaban J connectivity index is 1.96. The van der Waals surface area contributed by atoms with Gasteiger partial charge in [0.1, 0.15) is 5.75 Å². The molecule has 0 spiro atoms. The van der Waals surface area contributed by atoms with E-state index in [9.17, 15) is 9.90 Å². The van der Waals surface area contributed by atoms with Crippen LogP contribution in [0.4, 0.5) is 0 Å². The maximum absolute atomic E-state index is 11.9. The van der Waals surface area contributed by atoms with E-state index in [0.29, 0.717) is 19.5 Å². The van der Waals surface area contributed by atoms with Crippen molar-refractivity contribution in [3.63, 3.8) is 0 Å². The Bertz CT molecular complexity index is 477.